The van der Waals surface area contributed by atoms with Crippen LogP contribution in [0, 0.1) is 0 Å². The van der Waals surface area contributed by atoms with Gasteiger partial charge < -0.3 is 10.1 Å². The maximum Gasteiger partial charge on any atom is 0.263 e. The number of amides is 1. The van der Waals surface area contributed by atoms with E-state index in [1.807, 2.05) is 0 Å². The van der Waals surface area contributed by atoms with E-state index >= 15 is 0 Å². The topological polar surface area (TPSA) is 38.3 Å². The predicted octanol–water partition coefficient (Wildman–Crippen LogP) is 4.54. The van der Waals surface area contributed by atoms with Gasteiger partial charge in [0.1, 0.15) is 11.2 Å². The summed E-state index contributed by atoms with van der Waals surface area (Å²) in [6.07, 6.45) is -2.59. The molecule has 0 aromatic heterocycles. The Morgan fingerprint density at radius 2 is 1.91 bits per heavy atom. The van der Waals surface area contributed by atoms with Gasteiger partial charge in [-0.15, -0.1) is 0 Å². The molecule has 2 aromatic rings. The molecule has 3 nitrogen and oxygen atoms in total. The lowest BCUT2D eigenvalue weighted by atomic mass is 9.76. The highest BCUT2D eigenvalue weighted by atomic mass is 35.5. The third kappa shape index (κ3) is 2.36. The number of hydrogen-bond donors (Lipinski definition) is 1. The summed E-state index contributed by atoms with van der Waals surface area (Å²) in [5, 5.41) is 3.15. The molecule has 2 aromatic carbocycles. The number of methoxy groups -OCH3 is 1. The third-order valence-corrected chi connectivity index (χ3v) is 4.47. The summed E-state index contributed by atoms with van der Waals surface area (Å²) < 4.78 is 31.1. The van der Waals surface area contributed by atoms with E-state index in [1.54, 1.807) is 31.2 Å². The van der Waals surface area contributed by atoms with E-state index in [0.29, 0.717) is 27.6 Å². The summed E-state index contributed by atoms with van der Waals surface area (Å²) >= 11 is 6.07. The van der Waals surface area contributed by atoms with Crippen LogP contribution in [-0.4, -0.2) is 13.0 Å². The van der Waals surface area contributed by atoms with Crippen LogP contribution in [0.5, 0.6) is 5.75 Å². The molecule has 1 amide bonds. The van der Waals surface area contributed by atoms with E-state index in [1.165, 1.54) is 19.2 Å². The van der Waals surface area contributed by atoms with E-state index in [9.17, 15) is 13.6 Å². The molecule has 0 saturated carbocycles. The first kappa shape index (κ1) is 15.7. The van der Waals surface area contributed by atoms with Crippen molar-refractivity contribution in [3.63, 3.8) is 0 Å². The van der Waals surface area contributed by atoms with Crippen molar-refractivity contribution in [2.75, 3.05) is 12.4 Å². The van der Waals surface area contributed by atoms with E-state index < -0.39 is 11.8 Å². The normalized spacial score (nSPS) is 19.7. The summed E-state index contributed by atoms with van der Waals surface area (Å²) in [6, 6.07) is 9.20. The van der Waals surface area contributed by atoms with Crippen LogP contribution in [0.2, 0.25) is 5.02 Å². The minimum atomic E-state index is -2.59. The second kappa shape index (κ2) is 5.49. The van der Waals surface area contributed by atoms with Gasteiger partial charge in [-0.1, -0.05) is 23.7 Å². The summed E-state index contributed by atoms with van der Waals surface area (Å²) in [5.74, 6) is 0.206. The standard InChI is InChI=1S/C17H14ClF2NO2/c1-17(12-8-10(18)4-6-14(12)23-2)11-5-3-9(15(19)20)7-13(11)21-16(17)22/h3-8,15H,1-2H3,(H,21,22)/t17-/m0/s1. The average molecular weight is 338 g/mol. The number of halogens is 3. The minimum Gasteiger partial charge on any atom is -0.496 e. The minimum absolute atomic E-state index is 0.133. The van der Waals surface area contributed by atoms with Crippen molar-refractivity contribution in [3.8, 4) is 5.75 Å². The summed E-state index contributed by atoms with van der Waals surface area (Å²) in [6.45, 7) is 1.73. The van der Waals surface area contributed by atoms with E-state index in [2.05, 4.69) is 5.32 Å². The van der Waals surface area contributed by atoms with Crippen LogP contribution in [0.25, 0.3) is 0 Å². The van der Waals surface area contributed by atoms with Gasteiger partial charge in [-0.05, 0) is 36.8 Å². The van der Waals surface area contributed by atoms with Crippen LogP contribution in [-0.2, 0) is 10.2 Å². The first-order chi connectivity index (χ1) is 10.9. The number of ether oxygens (including phenoxy) is 1. The number of hydrogen-bond acceptors (Lipinski definition) is 2. The maximum absolute atomic E-state index is 12.9. The SMILES string of the molecule is COc1ccc(Cl)cc1[C@@]1(C)C(=O)Nc2cc(C(F)F)ccc21. The monoisotopic (exact) mass is 337 g/mol. The van der Waals surface area contributed by atoms with Crippen LogP contribution < -0.4 is 10.1 Å². The molecule has 0 spiro atoms. The number of benzene rings is 2. The third-order valence-electron chi connectivity index (χ3n) is 4.24. The molecule has 0 radical (unpaired) electrons. The zero-order chi connectivity index (χ0) is 16.8. The van der Waals surface area contributed by atoms with Crippen LogP contribution in [0.3, 0.4) is 0 Å². The number of fused-ring (bicyclic) bond motifs is 1. The van der Waals surface area contributed by atoms with Crippen molar-refractivity contribution in [2.45, 2.75) is 18.8 Å². The fourth-order valence-electron chi connectivity index (χ4n) is 2.94. The molecule has 1 N–H and O–H groups in total. The number of carbonyl (C=O) groups is 1. The molecule has 0 bridgehead atoms. The van der Waals surface area contributed by atoms with Gasteiger partial charge in [0.2, 0.25) is 5.91 Å². The van der Waals surface area contributed by atoms with E-state index in [4.69, 9.17) is 16.3 Å². The van der Waals surface area contributed by atoms with Gasteiger partial charge in [0.15, 0.2) is 0 Å². The van der Waals surface area contributed by atoms with Crippen LogP contribution in [0.1, 0.15) is 30.0 Å². The number of anilines is 1. The molecule has 0 unspecified atom stereocenters. The van der Waals surface area contributed by atoms with E-state index in [0.717, 1.165) is 0 Å². The lowest BCUT2D eigenvalue weighted by Gasteiger charge is -2.25. The molecule has 0 fully saturated rings. The van der Waals surface area contributed by atoms with Gasteiger partial charge in [0.25, 0.3) is 6.43 Å². The van der Waals surface area contributed by atoms with Crippen molar-refractivity contribution >= 4 is 23.2 Å². The highest BCUT2D eigenvalue weighted by molar-refractivity contribution is 6.30. The van der Waals surface area contributed by atoms with Crippen molar-refractivity contribution < 1.29 is 18.3 Å². The van der Waals surface area contributed by atoms with Gasteiger partial charge in [-0.3, -0.25) is 4.79 Å². The Morgan fingerprint density at radius 3 is 2.57 bits per heavy atom. The fraction of sp³-hybridized carbons (Fsp3) is 0.235. The molecular formula is C17H14ClF2NO2. The molecule has 1 aliphatic heterocycles. The smallest absolute Gasteiger partial charge is 0.263 e. The molecule has 6 heteroatoms. The number of rotatable bonds is 3. The van der Waals surface area contributed by atoms with E-state index in [-0.39, 0.29) is 11.5 Å². The van der Waals surface area contributed by atoms with Crippen LogP contribution in [0.15, 0.2) is 36.4 Å². The summed E-state index contributed by atoms with van der Waals surface area (Å²) in [5.41, 5.74) is 0.399. The Balaban J connectivity index is 2.21. The van der Waals surface area contributed by atoms with Gasteiger partial charge in [-0.25, -0.2) is 8.78 Å². The van der Waals surface area contributed by atoms with Crippen molar-refractivity contribution in [1.82, 2.24) is 0 Å². The van der Waals surface area contributed by atoms with Gasteiger partial charge in [0, 0.05) is 21.8 Å². The van der Waals surface area contributed by atoms with Crippen LogP contribution in [0.4, 0.5) is 14.5 Å². The lowest BCUT2D eigenvalue weighted by molar-refractivity contribution is -0.119. The molecule has 23 heavy (non-hydrogen) atoms. The Hall–Kier alpha value is -2.14. The highest BCUT2D eigenvalue weighted by Gasteiger charge is 2.46. The molecule has 0 saturated heterocycles. The first-order valence-electron chi connectivity index (χ1n) is 6.96. The molecule has 3 rings (SSSR count). The molecule has 1 aliphatic rings. The Bertz CT molecular complexity index is 794. The van der Waals surface area contributed by atoms with Gasteiger partial charge >= 0.3 is 0 Å². The Labute approximate surface area is 137 Å². The lowest BCUT2D eigenvalue weighted by Crippen LogP contribution is -2.32. The predicted molar refractivity (Wildman–Crippen MR) is 84.5 cm³/mol. The second-order valence-corrected chi connectivity index (χ2v) is 5.97. The zero-order valence-corrected chi connectivity index (χ0v) is 13.2. The fourth-order valence-corrected chi connectivity index (χ4v) is 3.12. The molecular weight excluding hydrogens is 324 g/mol. The maximum atomic E-state index is 12.9. The molecule has 1 heterocycles. The summed E-state index contributed by atoms with van der Waals surface area (Å²) in [7, 11) is 1.50. The first-order valence-corrected chi connectivity index (χ1v) is 7.33. The number of carbonyl (C=O) groups excluding carboxylic acids is 1. The van der Waals surface area contributed by atoms with Gasteiger partial charge in [0.05, 0.1) is 7.11 Å². The molecule has 1 atom stereocenters. The Kier molecular flexibility index (Phi) is 3.76. The largest absolute Gasteiger partial charge is 0.496 e. The zero-order valence-electron chi connectivity index (χ0n) is 12.5. The summed E-state index contributed by atoms with van der Waals surface area (Å²) in [4.78, 5) is 12.6. The second-order valence-electron chi connectivity index (χ2n) is 5.53. The number of nitrogens with one attached hydrogen (secondary N) is 1. The van der Waals surface area contributed by atoms with Gasteiger partial charge in [-0.2, -0.15) is 0 Å². The van der Waals surface area contributed by atoms with Crippen molar-refractivity contribution in [1.29, 1.82) is 0 Å². The Morgan fingerprint density at radius 1 is 1.17 bits per heavy atom. The quantitative estimate of drug-likeness (QED) is 0.892. The number of alkyl halides is 2. The molecule has 120 valence electrons. The van der Waals surface area contributed by atoms with Crippen LogP contribution >= 0.6 is 11.6 Å². The average Bonchev–Trinajstić information content (AvgIpc) is 2.78. The van der Waals surface area contributed by atoms with Crippen molar-refractivity contribution in [3.05, 3.63) is 58.1 Å². The highest BCUT2D eigenvalue weighted by Crippen LogP contribution is 2.47. The van der Waals surface area contributed by atoms with Crippen molar-refractivity contribution in [2.24, 2.45) is 0 Å². The molecule has 0 aliphatic carbocycles.